The number of rotatable bonds is 34. The zero-order valence-electron chi connectivity index (χ0n) is 41.5. The van der Waals surface area contributed by atoms with Gasteiger partial charge in [0.2, 0.25) is 0 Å². The van der Waals surface area contributed by atoms with E-state index in [1.54, 1.807) is 24.3 Å². The summed E-state index contributed by atoms with van der Waals surface area (Å²) in [6.45, 7) is 9.90. The Labute approximate surface area is 412 Å². The average molecular weight is 937 g/mol. The monoisotopic (exact) mass is 937 g/mol. The van der Waals surface area contributed by atoms with Gasteiger partial charge < -0.3 is 23.7 Å². The van der Waals surface area contributed by atoms with E-state index >= 15 is 0 Å². The Morgan fingerprint density at radius 1 is 0.377 bits per heavy atom. The number of hydrogen-bond acceptors (Lipinski definition) is 8. The summed E-state index contributed by atoms with van der Waals surface area (Å²) in [6.07, 6.45) is 26.4. The SMILES string of the molecule is C=CCCCCCCCCOC(=O)c1cc(OC(=O)c2ccc(-c3ccc(OCCCCCCCCC)cc3)cc2)cc(OC(=O)c2ccc(-c3ccc(OCCCCCCCCC)cc3)cc2)c1. The van der Waals surface area contributed by atoms with Crippen molar-refractivity contribution in [1.29, 1.82) is 0 Å². The Hall–Kier alpha value is -6.15. The second-order valence-electron chi connectivity index (χ2n) is 17.9. The minimum Gasteiger partial charge on any atom is -0.494 e. The second-order valence-corrected chi connectivity index (χ2v) is 17.9. The number of ether oxygens (including phenoxy) is 5. The molecule has 0 bridgehead atoms. The number of esters is 3. The van der Waals surface area contributed by atoms with Crippen LogP contribution in [0, 0.1) is 0 Å². The molecule has 8 nitrogen and oxygen atoms in total. The topological polar surface area (TPSA) is 97.4 Å². The third kappa shape index (κ3) is 20.2. The van der Waals surface area contributed by atoms with E-state index in [9.17, 15) is 14.4 Å². The Morgan fingerprint density at radius 2 is 0.725 bits per heavy atom. The number of carbonyl (C=O) groups excluding carboxylic acids is 3. The van der Waals surface area contributed by atoms with Crippen molar-refractivity contribution in [2.45, 2.75) is 149 Å². The van der Waals surface area contributed by atoms with Crippen LogP contribution >= 0.6 is 0 Å². The van der Waals surface area contributed by atoms with Gasteiger partial charge in [-0.3, -0.25) is 0 Å². The molecule has 0 atom stereocenters. The maximum Gasteiger partial charge on any atom is 0.343 e. The lowest BCUT2D eigenvalue weighted by Crippen LogP contribution is -2.13. The molecule has 5 aromatic carbocycles. The van der Waals surface area contributed by atoms with Crippen LogP contribution in [0.5, 0.6) is 23.0 Å². The number of benzene rings is 5. The van der Waals surface area contributed by atoms with Gasteiger partial charge in [-0.15, -0.1) is 6.58 Å². The molecular formula is C61H76O8. The van der Waals surface area contributed by atoms with Crippen LogP contribution in [0.15, 0.2) is 128 Å². The molecule has 0 radical (unpaired) electrons. The molecule has 0 amide bonds. The smallest absolute Gasteiger partial charge is 0.343 e. The number of allylic oxidation sites excluding steroid dienone is 1. The summed E-state index contributed by atoms with van der Waals surface area (Å²) in [6, 6.07) is 34.4. The van der Waals surface area contributed by atoms with E-state index in [4.69, 9.17) is 23.7 Å². The zero-order chi connectivity index (χ0) is 48.7. The standard InChI is InChI=1S/C61H76O8/c1-4-7-10-13-16-19-22-25-44-67-59(62)54-45-57(68-60(63)52-30-26-48(27-31-52)50-34-38-55(39-35-50)65-42-23-20-17-14-11-8-5-2)47-58(46-54)69-61(64)53-32-28-49(29-33-53)51-36-40-56(41-37-51)66-43-24-21-18-15-12-9-6-3/h4,26-41,45-47H,1,5-25,42-44H2,2-3H3. The van der Waals surface area contributed by atoms with E-state index in [0.717, 1.165) is 91.5 Å². The van der Waals surface area contributed by atoms with Gasteiger partial charge in [-0.05, 0) is 115 Å². The highest BCUT2D eigenvalue weighted by Gasteiger charge is 2.18. The summed E-state index contributed by atoms with van der Waals surface area (Å²) < 4.78 is 29.2. The van der Waals surface area contributed by atoms with Crippen LogP contribution in [0.1, 0.15) is 180 Å². The average Bonchev–Trinajstić information content (AvgIpc) is 3.37. The van der Waals surface area contributed by atoms with Crippen LogP contribution in [0.2, 0.25) is 0 Å². The lowest BCUT2D eigenvalue weighted by atomic mass is 10.0. The fourth-order valence-corrected chi connectivity index (χ4v) is 8.07. The molecule has 0 spiro atoms. The van der Waals surface area contributed by atoms with E-state index < -0.39 is 17.9 Å². The van der Waals surface area contributed by atoms with E-state index in [0.29, 0.717) is 24.3 Å². The molecule has 0 aliphatic carbocycles. The summed E-state index contributed by atoms with van der Waals surface area (Å²) in [5.74, 6) is -0.114. The summed E-state index contributed by atoms with van der Waals surface area (Å²) in [7, 11) is 0. The van der Waals surface area contributed by atoms with Crippen molar-refractivity contribution >= 4 is 17.9 Å². The Bertz CT molecular complexity index is 2100. The van der Waals surface area contributed by atoms with Gasteiger partial charge in [-0.1, -0.05) is 171 Å². The van der Waals surface area contributed by atoms with Crippen LogP contribution < -0.4 is 18.9 Å². The van der Waals surface area contributed by atoms with Gasteiger partial charge >= 0.3 is 17.9 Å². The van der Waals surface area contributed by atoms with Crippen molar-refractivity contribution in [1.82, 2.24) is 0 Å². The third-order valence-electron chi connectivity index (χ3n) is 12.2. The van der Waals surface area contributed by atoms with Gasteiger partial charge in [0.1, 0.15) is 23.0 Å². The Morgan fingerprint density at radius 3 is 1.12 bits per heavy atom. The highest BCUT2D eigenvalue weighted by atomic mass is 16.6. The van der Waals surface area contributed by atoms with Gasteiger partial charge in [0.05, 0.1) is 36.5 Å². The first-order valence-corrected chi connectivity index (χ1v) is 25.9. The molecule has 69 heavy (non-hydrogen) atoms. The highest BCUT2D eigenvalue weighted by molar-refractivity contribution is 5.95. The van der Waals surface area contributed by atoms with Gasteiger partial charge in [0, 0.05) is 6.07 Å². The van der Waals surface area contributed by atoms with Gasteiger partial charge in [-0.2, -0.15) is 0 Å². The predicted octanol–water partition coefficient (Wildman–Crippen LogP) is 16.8. The van der Waals surface area contributed by atoms with E-state index in [1.807, 2.05) is 78.9 Å². The van der Waals surface area contributed by atoms with Crippen LogP contribution in [0.3, 0.4) is 0 Å². The largest absolute Gasteiger partial charge is 0.494 e. The first-order chi connectivity index (χ1) is 33.9. The highest BCUT2D eigenvalue weighted by Crippen LogP contribution is 2.29. The number of hydrogen-bond donors (Lipinski definition) is 0. The lowest BCUT2D eigenvalue weighted by molar-refractivity contribution is 0.0493. The Kier molecular flexibility index (Phi) is 24.8. The number of unbranched alkanes of at least 4 members (excludes halogenated alkanes) is 18. The first kappa shape index (κ1) is 53.8. The van der Waals surface area contributed by atoms with Gasteiger partial charge in [0.15, 0.2) is 0 Å². The minimum absolute atomic E-state index is 0.0399. The molecule has 0 aliphatic rings. The summed E-state index contributed by atoms with van der Waals surface area (Å²) in [5.41, 5.74) is 4.57. The molecule has 5 aromatic rings. The van der Waals surface area contributed by atoms with E-state index in [-0.39, 0.29) is 23.7 Å². The summed E-state index contributed by atoms with van der Waals surface area (Å²) in [4.78, 5) is 40.4. The van der Waals surface area contributed by atoms with Crippen molar-refractivity contribution in [3.63, 3.8) is 0 Å². The normalized spacial score (nSPS) is 10.9. The quantitative estimate of drug-likeness (QED) is 0.0174. The van der Waals surface area contributed by atoms with E-state index in [2.05, 4.69) is 20.4 Å². The molecule has 0 saturated heterocycles. The molecule has 368 valence electrons. The third-order valence-corrected chi connectivity index (χ3v) is 12.2. The molecule has 0 aliphatic heterocycles. The van der Waals surface area contributed by atoms with Crippen molar-refractivity contribution in [3.05, 3.63) is 145 Å². The molecule has 0 N–H and O–H groups in total. The predicted molar refractivity (Wildman–Crippen MR) is 280 cm³/mol. The summed E-state index contributed by atoms with van der Waals surface area (Å²) in [5, 5.41) is 0. The maximum absolute atomic E-state index is 13.5. The van der Waals surface area contributed by atoms with E-state index in [1.165, 1.54) is 95.2 Å². The zero-order valence-corrected chi connectivity index (χ0v) is 41.5. The molecular weight excluding hydrogens is 861 g/mol. The molecule has 0 aromatic heterocycles. The van der Waals surface area contributed by atoms with Crippen molar-refractivity contribution in [2.24, 2.45) is 0 Å². The maximum atomic E-state index is 13.5. The summed E-state index contributed by atoms with van der Waals surface area (Å²) >= 11 is 0. The molecule has 0 saturated carbocycles. The molecule has 0 fully saturated rings. The van der Waals surface area contributed by atoms with Gasteiger partial charge in [-0.25, -0.2) is 14.4 Å². The van der Waals surface area contributed by atoms with Crippen molar-refractivity contribution < 1.29 is 38.1 Å². The van der Waals surface area contributed by atoms with Crippen LogP contribution in [-0.2, 0) is 4.74 Å². The lowest BCUT2D eigenvalue weighted by Gasteiger charge is -2.12. The molecule has 0 unspecified atom stereocenters. The fourth-order valence-electron chi connectivity index (χ4n) is 8.07. The first-order valence-electron chi connectivity index (χ1n) is 25.9. The second kappa shape index (κ2) is 31.8. The van der Waals surface area contributed by atoms with Crippen LogP contribution in [-0.4, -0.2) is 37.7 Å². The minimum atomic E-state index is -0.630. The van der Waals surface area contributed by atoms with Crippen LogP contribution in [0.4, 0.5) is 0 Å². The van der Waals surface area contributed by atoms with Crippen molar-refractivity contribution in [3.8, 4) is 45.3 Å². The van der Waals surface area contributed by atoms with Crippen molar-refractivity contribution in [2.75, 3.05) is 19.8 Å². The Balaban J connectivity index is 1.18. The van der Waals surface area contributed by atoms with Crippen LogP contribution in [0.25, 0.3) is 22.3 Å². The van der Waals surface area contributed by atoms with Gasteiger partial charge in [0.25, 0.3) is 0 Å². The molecule has 8 heteroatoms. The fraction of sp³-hybridized carbons (Fsp3) is 0.426. The number of carbonyl (C=O) groups is 3. The molecule has 0 heterocycles. The molecule has 5 rings (SSSR count).